The largest absolute Gasteiger partial charge is 0.478 e. The Morgan fingerprint density at radius 2 is 1.73 bits per heavy atom. The summed E-state index contributed by atoms with van der Waals surface area (Å²) in [6.45, 7) is 1.79. The number of anilines is 1. The highest BCUT2D eigenvalue weighted by molar-refractivity contribution is 5.99. The van der Waals surface area contributed by atoms with Gasteiger partial charge in [-0.15, -0.1) is 0 Å². The van der Waals surface area contributed by atoms with Crippen LogP contribution in [0.3, 0.4) is 0 Å². The Labute approximate surface area is 239 Å². The maximum atomic E-state index is 13.1. The van der Waals surface area contributed by atoms with Gasteiger partial charge in [0.2, 0.25) is 5.91 Å². The molecule has 1 aliphatic carbocycles. The summed E-state index contributed by atoms with van der Waals surface area (Å²) >= 11 is 0. The summed E-state index contributed by atoms with van der Waals surface area (Å²) < 4.78 is 2.05. The fourth-order valence-corrected chi connectivity index (χ4v) is 5.48. The van der Waals surface area contributed by atoms with E-state index in [-0.39, 0.29) is 18.2 Å². The lowest BCUT2D eigenvalue weighted by molar-refractivity contribution is -0.131. The zero-order valence-corrected chi connectivity index (χ0v) is 23.0. The summed E-state index contributed by atoms with van der Waals surface area (Å²) in [4.78, 5) is 36.4. The summed E-state index contributed by atoms with van der Waals surface area (Å²) in [6, 6.07) is 22.3. The van der Waals surface area contributed by atoms with Gasteiger partial charge in [0.15, 0.2) is 0 Å². The summed E-state index contributed by atoms with van der Waals surface area (Å²) in [5, 5.41) is 20.5. The number of hydrogen-bond donors (Lipinski definition) is 3. The number of nitrogens with one attached hydrogen (secondary N) is 2. The third-order valence-electron chi connectivity index (χ3n) is 7.45. The number of benzene rings is 3. The average molecular weight is 551 g/mol. The molecule has 1 saturated carbocycles. The second-order valence-corrected chi connectivity index (χ2v) is 10.6. The van der Waals surface area contributed by atoms with Crippen LogP contribution < -0.4 is 10.6 Å². The fraction of sp³-hybridized carbons (Fsp3) is 0.273. The molecule has 210 valence electrons. The van der Waals surface area contributed by atoms with E-state index in [0.717, 1.165) is 35.5 Å². The lowest BCUT2D eigenvalue weighted by atomic mass is 9.85. The molecular formula is C33H34N4O4. The standard InChI is InChI=1S/C33H34N4O4/c1-22(20-30(38)35-26-16-12-23(13-17-26)14-19-31(39)40)34-33(41)25-15-18-28-29(21-25)36-37(27-10-6-3-7-11-27)32(28)24-8-4-2-5-9-24/h3,6-7,10-19,21-22,24H,2,4-5,8-9,20H2,1H3,(H,34,41)(H,35,38)(H,39,40)/t22-/m1/s1. The Morgan fingerprint density at radius 1 is 1.00 bits per heavy atom. The van der Waals surface area contributed by atoms with E-state index in [1.807, 2.05) is 41.1 Å². The Balaban J connectivity index is 1.26. The van der Waals surface area contributed by atoms with Gasteiger partial charge >= 0.3 is 5.97 Å². The van der Waals surface area contributed by atoms with Crippen LogP contribution in [0.1, 0.15) is 73.0 Å². The number of nitrogens with zero attached hydrogens (tertiary/aromatic N) is 2. The molecule has 1 fully saturated rings. The number of fused-ring (bicyclic) bond motifs is 1. The molecular weight excluding hydrogens is 516 g/mol. The van der Waals surface area contributed by atoms with Crippen molar-refractivity contribution < 1.29 is 19.5 Å². The lowest BCUT2D eigenvalue weighted by Crippen LogP contribution is -2.35. The first-order valence-electron chi connectivity index (χ1n) is 14.1. The predicted octanol–water partition coefficient (Wildman–Crippen LogP) is 6.32. The highest BCUT2D eigenvalue weighted by Gasteiger charge is 2.24. The number of amides is 2. The minimum atomic E-state index is -1.02. The molecule has 5 rings (SSSR count). The van der Waals surface area contributed by atoms with E-state index in [9.17, 15) is 14.4 Å². The second-order valence-electron chi connectivity index (χ2n) is 10.6. The number of aromatic nitrogens is 2. The van der Waals surface area contributed by atoms with Crippen molar-refractivity contribution in [2.75, 3.05) is 5.32 Å². The van der Waals surface area contributed by atoms with Gasteiger partial charge in [-0.1, -0.05) is 55.7 Å². The summed E-state index contributed by atoms with van der Waals surface area (Å²) in [5.74, 6) is -1.08. The van der Waals surface area contributed by atoms with Crippen molar-refractivity contribution in [1.29, 1.82) is 0 Å². The van der Waals surface area contributed by atoms with E-state index in [0.29, 0.717) is 22.7 Å². The molecule has 2 amide bonds. The molecule has 1 atom stereocenters. The minimum absolute atomic E-state index is 0.100. The van der Waals surface area contributed by atoms with Crippen LogP contribution in [-0.2, 0) is 9.59 Å². The predicted molar refractivity (Wildman–Crippen MR) is 160 cm³/mol. The van der Waals surface area contributed by atoms with Crippen LogP contribution in [0.5, 0.6) is 0 Å². The number of rotatable bonds is 9. The monoisotopic (exact) mass is 550 g/mol. The third-order valence-corrected chi connectivity index (χ3v) is 7.45. The fourth-order valence-electron chi connectivity index (χ4n) is 5.48. The zero-order valence-electron chi connectivity index (χ0n) is 23.0. The van der Waals surface area contributed by atoms with Gasteiger partial charge < -0.3 is 15.7 Å². The molecule has 0 radical (unpaired) electrons. The van der Waals surface area contributed by atoms with Crippen molar-refractivity contribution in [3.8, 4) is 5.69 Å². The van der Waals surface area contributed by atoms with Gasteiger partial charge in [-0.2, -0.15) is 5.10 Å². The third kappa shape index (κ3) is 6.90. The number of carbonyl (C=O) groups excluding carboxylic acids is 2. The van der Waals surface area contributed by atoms with Gasteiger partial charge in [0.1, 0.15) is 0 Å². The summed E-state index contributed by atoms with van der Waals surface area (Å²) in [7, 11) is 0. The SMILES string of the molecule is C[C@H](CC(=O)Nc1ccc(C=CC(=O)O)cc1)NC(=O)c1ccc2c(C3CCCCC3)n(-c3ccccc3)nc2c1. The number of carboxylic acid groups (broad SMARTS) is 1. The van der Waals surface area contributed by atoms with E-state index in [2.05, 4.69) is 22.8 Å². The summed E-state index contributed by atoms with van der Waals surface area (Å²) in [5.41, 5.74) is 4.82. The van der Waals surface area contributed by atoms with Crippen LogP contribution in [-0.4, -0.2) is 38.7 Å². The van der Waals surface area contributed by atoms with Gasteiger partial charge in [-0.05, 0) is 67.8 Å². The number of aliphatic carboxylic acids is 1. The molecule has 0 bridgehead atoms. The van der Waals surface area contributed by atoms with Crippen LogP contribution in [0.25, 0.3) is 22.7 Å². The van der Waals surface area contributed by atoms with Gasteiger partial charge in [0.25, 0.3) is 5.91 Å². The van der Waals surface area contributed by atoms with Crippen molar-refractivity contribution in [1.82, 2.24) is 15.1 Å². The first-order valence-corrected chi connectivity index (χ1v) is 14.1. The average Bonchev–Trinajstić information content (AvgIpc) is 3.36. The molecule has 8 heteroatoms. The van der Waals surface area contributed by atoms with Crippen LogP contribution in [0.4, 0.5) is 5.69 Å². The van der Waals surface area contributed by atoms with Crippen LogP contribution >= 0.6 is 0 Å². The maximum Gasteiger partial charge on any atom is 0.328 e. The topological polar surface area (TPSA) is 113 Å². The molecule has 1 aromatic heterocycles. The van der Waals surface area contributed by atoms with E-state index in [1.54, 1.807) is 31.2 Å². The van der Waals surface area contributed by atoms with Gasteiger partial charge in [0.05, 0.1) is 16.9 Å². The highest BCUT2D eigenvalue weighted by Crippen LogP contribution is 2.38. The van der Waals surface area contributed by atoms with Crippen molar-refractivity contribution >= 4 is 40.4 Å². The molecule has 3 N–H and O–H groups in total. The minimum Gasteiger partial charge on any atom is -0.478 e. The first kappa shape index (κ1) is 27.8. The molecule has 4 aromatic rings. The molecule has 41 heavy (non-hydrogen) atoms. The Bertz CT molecular complexity index is 1570. The maximum absolute atomic E-state index is 13.1. The quantitative estimate of drug-likeness (QED) is 0.211. The summed E-state index contributed by atoms with van der Waals surface area (Å²) in [6.07, 6.45) is 8.62. The van der Waals surface area contributed by atoms with E-state index >= 15 is 0 Å². The van der Waals surface area contributed by atoms with Crippen molar-refractivity contribution in [2.45, 2.75) is 57.4 Å². The van der Waals surface area contributed by atoms with Gasteiger partial charge in [-0.3, -0.25) is 9.59 Å². The van der Waals surface area contributed by atoms with Crippen molar-refractivity contribution in [2.24, 2.45) is 0 Å². The van der Waals surface area contributed by atoms with E-state index in [4.69, 9.17) is 10.2 Å². The molecule has 1 aliphatic rings. The first-order chi connectivity index (χ1) is 19.9. The molecule has 0 spiro atoms. The molecule has 0 aliphatic heterocycles. The lowest BCUT2D eigenvalue weighted by Gasteiger charge is -2.23. The normalized spacial score (nSPS) is 14.7. The number of carbonyl (C=O) groups is 3. The van der Waals surface area contributed by atoms with E-state index < -0.39 is 12.0 Å². The van der Waals surface area contributed by atoms with Crippen LogP contribution in [0.15, 0.2) is 78.9 Å². The van der Waals surface area contributed by atoms with Crippen molar-refractivity contribution in [3.05, 3.63) is 95.7 Å². The Morgan fingerprint density at radius 3 is 2.44 bits per heavy atom. The molecule has 0 saturated heterocycles. The van der Waals surface area contributed by atoms with E-state index in [1.165, 1.54) is 31.0 Å². The Kier molecular flexibility index (Phi) is 8.58. The Hall–Kier alpha value is -4.72. The van der Waals surface area contributed by atoms with Crippen LogP contribution in [0.2, 0.25) is 0 Å². The van der Waals surface area contributed by atoms with Crippen molar-refractivity contribution in [3.63, 3.8) is 0 Å². The number of carboxylic acids is 1. The molecule has 0 unspecified atom stereocenters. The highest BCUT2D eigenvalue weighted by atomic mass is 16.4. The molecule has 3 aromatic carbocycles. The second kappa shape index (κ2) is 12.6. The van der Waals surface area contributed by atoms with Crippen LogP contribution in [0, 0.1) is 0 Å². The van der Waals surface area contributed by atoms with Gasteiger partial charge in [-0.25, -0.2) is 9.48 Å². The molecule has 1 heterocycles. The van der Waals surface area contributed by atoms with Gasteiger partial charge in [0, 0.05) is 41.1 Å². The zero-order chi connectivity index (χ0) is 28.8. The number of para-hydroxylation sites is 1. The smallest absolute Gasteiger partial charge is 0.328 e. The molecule has 8 nitrogen and oxygen atoms in total. The number of hydrogen-bond acceptors (Lipinski definition) is 4.